The molecule has 0 N–H and O–H groups in total. The molecular weight excluding hydrogens is 316 g/mol. The lowest BCUT2D eigenvalue weighted by atomic mass is 9.52. The maximum absolute atomic E-state index is 12.9. The van der Waals surface area contributed by atoms with Crippen LogP contribution < -0.4 is 0 Å². The van der Waals surface area contributed by atoms with Gasteiger partial charge in [-0.05, 0) is 24.1 Å². The first-order valence-electron chi connectivity index (χ1n) is 8.71. The quantitative estimate of drug-likeness (QED) is 0.845. The molecule has 130 valence electrons. The Kier molecular flexibility index (Phi) is 3.71. The van der Waals surface area contributed by atoms with Crippen LogP contribution in [0.15, 0.2) is 36.1 Å². The van der Waals surface area contributed by atoms with E-state index in [1.54, 1.807) is 14.0 Å². The van der Waals surface area contributed by atoms with Gasteiger partial charge in [0.05, 0.1) is 26.4 Å². The Bertz CT molecular complexity index is 790. The molecule has 1 fully saturated rings. The van der Waals surface area contributed by atoms with Crippen LogP contribution in [0, 0.1) is 11.3 Å². The second kappa shape index (κ2) is 5.69. The largest absolute Gasteiger partial charge is 0.500 e. The third-order valence-corrected chi connectivity index (χ3v) is 6.13. The van der Waals surface area contributed by atoms with Crippen LogP contribution in [0.3, 0.4) is 0 Å². The number of morpholine rings is 1. The molecule has 1 aliphatic heterocycles. The summed E-state index contributed by atoms with van der Waals surface area (Å²) >= 11 is 0. The van der Waals surface area contributed by atoms with Gasteiger partial charge >= 0.3 is 0 Å². The van der Waals surface area contributed by atoms with Crippen molar-refractivity contribution < 1.29 is 14.3 Å². The average Bonchev–Trinajstić information content (AvgIpc) is 2.68. The minimum absolute atomic E-state index is 0.0269. The fourth-order valence-electron chi connectivity index (χ4n) is 4.95. The zero-order valence-corrected chi connectivity index (χ0v) is 14.6. The third-order valence-electron chi connectivity index (χ3n) is 6.13. The highest BCUT2D eigenvalue weighted by Gasteiger charge is 2.63. The summed E-state index contributed by atoms with van der Waals surface area (Å²) < 4.78 is 11.1. The van der Waals surface area contributed by atoms with Crippen LogP contribution in [0.4, 0.5) is 0 Å². The number of hydrogen-bond donors (Lipinski definition) is 0. The van der Waals surface area contributed by atoms with Gasteiger partial charge in [-0.2, -0.15) is 5.26 Å². The van der Waals surface area contributed by atoms with Crippen molar-refractivity contribution in [1.82, 2.24) is 4.90 Å². The van der Waals surface area contributed by atoms with Gasteiger partial charge in [0.2, 0.25) is 0 Å². The summed E-state index contributed by atoms with van der Waals surface area (Å²) in [6.45, 7) is 4.25. The Morgan fingerprint density at radius 1 is 1.36 bits per heavy atom. The number of hydrogen-bond acceptors (Lipinski definition) is 5. The van der Waals surface area contributed by atoms with Gasteiger partial charge in [-0.3, -0.25) is 9.69 Å². The van der Waals surface area contributed by atoms with E-state index in [1.165, 1.54) is 0 Å². The summed E-state index contributed by atoms with van der Waals surface area (Å²) in [5, 5.41) is 10.3. The van der Waals surface area contributed by atoms with Crippen LogP contribution in [-0.4, -0.2) is 49.6 Å². The third kappa shape index (κ3) is 1.98. The Labute approximate surface area is 147 Å². The highest BCUT2D eigenvalue weighted by Crippen LogP contribution is 2.59. The Morgan fingerprint density at radius 2 is 2.08 bits per heavy atom. The molecule has 1 saturated heterocycles. The van der Waals surface area contributed by atoms with Crippen molar-refractivity contribution in [2.45, 2.75) is 30.2 Å². The molecule has 3 atom stereocenters. The van der Waals surface area contributed by atoms with E-state index in [0.29, 0.717) is 38.5 Å². The molecule has 25 heavy (non-hydrogen) atoms. The van der Waals surface area contributed by atoms with Crippen molar-refractivity contribution in [3.8, 4) is 6.07 Å². The molecule has 1 heterocycles. The van der Waals surface area contributed by atoms with Gasteiger partial charge in [0.15, 0.2) is 0 Å². The molecule has 0 saturated carbocycles. The number of rotatable bonds is 3. The predicted molar refractivity (Wildman–Crippen MR) is 92.0 cm³/mol. The number of carbonyl (C=O) groups excluding carboxylic acids is 1. The average molecular weight is 338 g/mol. The molecule has 0 aromatic heterocycles. The first kappa shape index (κ1) is 16.3. The number of allylic oxidation sites excluding steroid dienone is 1. The molecule has 2 bridgehead atoms. The van der Waals surface area contributed by atoms with Gasteiger partial charge in [0, 0.05) is 25.4 Å². The molecule has 0 amide bonds. The van der Waals surface area contributed by atoms with E-state index in [9.17, 15) is 10.1 Å². The molecule has 1 aromatic rings. The Morgan fingerprint density at radius 3 is 2.72 bits per heavy atom. The molecule has 0 unspecified atom stereocenters. The SMILES string of the molecule is COC1=C[C@H]2c3ccccc3[C@]1(C(C)=O)C[C@]2(C#N)N1CCOCC1. The fourth-order valence-corrected chi connectivity index (χ4v) is 4.95. The van der Waals surface area contributed by atoms with Crippen LogP contribution in [0.25, 0.3) is 0 Å². The number of Topliss-reactive ketones (excluding diaryl/α,β-unsaturated/α-hetero) is 1. The predicted octanol–water partition coefficient (Wildman–Crippen LogP) is 2.14. The molecule has 0 radical (unpaired) electrons. The van der Waals surface area contributed by atoms with E-state index in [0.717, 1.165) is 11.1 Å². The lowest BCUT2D eigenvalue weighted by molar-refractivity contribution is -0.125. The van der Waals surface area contributed by atoms with Gasteiger partial charge in [-0.1, -0.05) is 24.3 Å². The van der Waals surface area contributed by atoms with Crippen molar-refractivity contribution >= 4 is 5.78 Å². The van der Waals surface area contributed by atoms with Crippen molar-refractivity contribution in [3.05, 3.63) is 47.2 Å². The van der Waals surface area contributed by atoms with Crippen LogP contribution in [0.1, 0.15) is 30.4 Å². The van der Waals surface area contributed by atoms with E-state index in [4.69, 9.17) is 9.47 Å². The Hall–Kier alpha value is -2.16. The maximum atomic E-state index is 12.9. The second-order valence-corrected chi connectivity index (χ2v) is 7.07. The van der Waals surface area contributed by atoms with Crippen LogP contribution in [0.5, 0.6) is 0 Å². The van der Waals surface area contributed by atoms with Crippen LogP contribution >= 0.6 is 0 Å². The summed E-state index contributed by atoms with van der Waals surface area (Å²) in [7, 11) is 1.61. The van der Waals surface area contributed by atoms with E-state index in [1.807, 2.05) is 30.3 Å². The lowest BCUT2D eigenvalue weighted by Crippen LogP contribution is -2.64. The van der Waals surface area contributed by atoms with E-state index in [-0.39, 0.29) is 11.7 Å². The molecule has 4 aliphatic rings. The highest BCUT2D eigenvalue weighted by molar-refractivity contribution is 5.94. The molecule has 0 spiro atoms. The number of ketones is 1. The summed E-state index contributed by atoms with van der Waals surface area (Å²) in [4.78, 5) is 15.1. The lowest BCUT2D eigenvalue weighted by Gasteiger charge is -2.56. The zero-order chi connectivity index (χ0) is 17.7. The van der Waals surface area contributed by atoms with Gasteiger partial charge < -0.3 is 9.47 Å². The zero-order valence-electron chi connectivity index (χ0n) is 14.6. The van der Waals surface area contributed by atoms with Gasteiger partial charge in [-0.15, -0.1) is 0 Å². The van der Waals surface area contributed by atoms with Crippen molar-refractivity contribution in [2.75, 3.05) is 33.4 Å². The van der Waals surface area contributed by atoms with E-state index < -0.39 is 11.0 Å². The number of nitriles is 1. The number of fused-ring (bicyclic) bond motifs is 1. The molecule has 5 heteroatoms. The maximum Gasteiger partial charge on any atom is 0.148 e. The first-order chi connectivity index (χ1) is 12.1. The smallest absolute Gasteiger partial charge is 0.148 e. The van der Waals surface area contributed by atoms with E-state index >= 15 is 0 Å². The number of ether oxygens (including phenoxy) is 2. The molecule has 3 aliphatic carbocycles. The molecule has 5 nitrogen and oxygen atoms in total. The first-order valence-corrected chi connectivity index (χ1v) is 8.71. The molecular formula is C20H22N2O3. The summed E-state index contributed by atoms with van der Waals surface area (Å²) in [5.74, 6) is 0.602. The van der Waals surface area contributed by atoms with Crippen molar-refractivity contribution in [2.24, 2.45) is 0 Å². The number of carbonyl (C=O) groups is 1. The number of nitrogens with zero attached hydrogens (tertiary/aromatic N) is 2. The normalized spacial score (nSPS) is 34.0. The van der Waals surface area contributed by atoms with Crippen molar-refractivity contribution in [3.63, 3.8) is 0 Å². The highest BCUT2D eigenvalue weighted by atomic mass is 16.5. The Balaban J connectivity index is 1.97. The molecule has 5 rings (SSSR count). The minimum atomic E-state index is -0.881. The second-order valence-electron chi connectivity index (χ2n) is 7.07. The van der Waals surface area contributed by atoms with Gasteiger partial charge in [0.1, 0.15) is 22.5 Å². The standard InChI is InChI=1S/C20H22N2O3/c1-14(23)20-12-19(13-21,22-7-9-25-10-8-22)17(11-18(20)24-2)15-5-3-4-6-16(15)20/h3-6,11,17H,7-10,12H2,1-2H3/t17-,19+,20+/m0/s1. The molecule has 1 aromatic carbocycles. The number of benzene rings is 1. The summed E-state index contributed by atoms with van der Waals surface area (Å²) in [5.41, 5.74) is 0.434. The summed E-state index contributed by atoms with van der Waals surface area (Å²) in [6, 6.07) is 10.6. The van der Waals surface area contributed by atoms with E-state index in [2.05, 4.69) is 11.0 Å². The number of methoxy groups -OCH3 is 1. The monoisotopic (exact) mass is 338 g/mol. The van der Waals surface area contributed by atoms with Gasteiger partial charge in [-0.25, -0.2) is 0 Å². The van der Waals surface area contributed by atoms with Crippen LogP contribution in [-0.2, 0) is 19.7 Å². The topological polar surface area (TPSA) is 62.6 Å². The fraction of sp³-hybridized carbons (Fsp3) is 0.500. The summed E-state index contributed by atoms with van der Waals surface area (Å²) in [6.07, 6.45) is 2.44. The van der Waals surface area contributed by atoms with Crippen LogP contribution in [0.2, 0.25) is 0 Å². The van der Waals surface area contributed by atoms with Crippen molar-refractivity contribution in [1.29, 1.82) is 5.26 Å². The van der Waals surface area contributed by atoms with Gasteiger partial charge in [0.25, 0.3) is 0 Å². The minimum Gasteiger partial charge on any atom is -0.500 e.